The van der Waals surface area contributed by atoms with E-state index in [-0.39, 0.29) is 17.1 Å². The molecule has 178 valence electrons. The van der Waals surface area contributed by atoms with E-state index >= 15 is 0 Å². The minimum absolute atomic E-state index is 0.210. The van der Waals surface area contributed by atoms with Gasteiger partial charge in [0.1, 0.15) is 5.82 Å². The van der Waals surface area contributed by atoms with Gasteiger partial charge in [-0.3, -0.25) is 14.7 Å². The minimum atomic E-state index is -5.08. The van der Waals surface area contributed by atoms with Crippen LogP contribution in [0.2, 0.25) is 0 Å². The number of alkyl halides is 3. The topological polar surface area (TPSA) is 73.7 Å². The molecule has 2 aromatic rings. The van der Waals surface area contributed by atoms with Crippen LogP contribution in [0.15, 0.2) is 48.8 Å². The van der Waals surface area contributed by atoms with Crippen molar-refractivity contribution >= 4 is 11.9 Å². The quantitative estimate of drug-likeness (QED) is 0.692. The molecule has 2 aliphatic heterocycles. The zero-order valence-corrected chi connectivity index (χ0v) is 17.9. The van der Waals surface area contributed by atoms with Crippen molar-refractivity contribution in [1.29, 1.82) is 0 Å². The molecule has 0 unspecified atom stereocenters. The first-order valence-electron chi connectivity index (χ1n) is 10.5. The van der Waals surface area contributed by atoms with E-state index in [1.165, 1.54) is 17.7 Å². The van der Waals surface area contributed by atoms with Gasteiger partial charge in [0.25, 0.3) is 0 Å². The van der Waals surface area contributed by atoms with Crippen molar-refractivity contribution in [3.63, 3.8) is 0 Å². The Morgan fingerprint density at radius 1 is 1.03 bits per heavy atom. The fourth-order valence-corrected chi connectivity index (χ4v) is 4.25. The zero-order valence-electron chi connectivity index (χ0n) is 17.9. The Labute approximate surface area is 188 Å². The lowest BCUT2D eigenvalue weighted by atomic mass is 9.77. The first kappa shape index (κ1) is 24.6. The number of halogens is 4. The standard InChI is InChI=1S/C21H24FN3O.C2HF3O2/c22-19-5-1-3-17(13-19)16-25-12-8-21(20(25)26)6-10-24(11-7-21)15-18-4-2-9-23-14-18;3-2(4,5)1(6)7/h1-5,9,13-14H,6-8,10-12,15-16H2;(H,6,7). The van der Waals surface area contributed by atoms with Crippen LogP contribution in [0.4, 0.5) is 17.6 Å². The van der Waals surface area contributed by atoms with Crippen molar-refractivity contribution in [2.75, 3.05) is 19.6 Å². The maximum Gasteiger partial charge on any atom is 0.490 e. The number of carboxylic acid groups (broad SMARTS) is 1. The number of amides is 1. The summed E-state index contributed by atoms with van der Waals surface area (Å²) in [5.41, 5.74) is 1.87. The van der Waals surface area contributed by atoms with Gasteiger partial charge in [-0.25, -0.2) is 9.18 Å². The van der Waals surface area contributed by atoms with Crippen LogP contribution in [0.25, 0.3) is 0 Å². The average molecular weight is 467 g/mol. The molecule has 1 amide bonds. The summed E-state index contributed by atoms with van der Waals surface area (Å²) in [6.45, 7) is 4.06. The number of pyridine rings is 1. The number of aliphatic carboxylic acids is 1. The molecular formula is C23H25F4N3O3. The number of hydrogen-bond acceptors (Lipinski definition) is 4. The van der Waals surface area contributed by atoms with Crippen LogP contribution in [-0.4, -0.2) is 57.6 Å². The van der Waals surface area contributed by atoms with Gasteiger partial charge in [-0.15, -0.1) is 0 Å². The lowest BCUT2D eigenvalue weighted by Crippen LogP contribution is -2.44. The molecule has 0 radical (unpaired) electrons. The first-order chi connectivity index (χ1) is 15.6. The van der Waals surface area contributed by atoms with Crippen LogP contribution in [0, 0.1) is 11.2 Å². The fourth-order valence-electron chi connectivity index (χ4n) is 4.25. The van der Waals surface area contributed by atoms with Crippen molar-refractivity contribution < 1.29 is 32.3 Å². The second kappa shape index (κ2) is 10.3. The third-order valence-electron chi connectivity index (χ3n) is 6.05. The Morgan fingerprint density at radius 2 is 1.67 bits per heavy atom. The van der Waals surface area contributed by atoms with Crippen LogP contribution in [0.1, 0.15) is 30.4 Å². The van der Waals surface area contributed by atoms with Crippen molar-refractivity contribution in [2.24, 2.45) is 5.41 Å². The van der Waals surface area contributed by atoms with Crippen LogP contribution in [-0.2, 0) is 22.7 Å². The summed E-state index contributed by atoms with van der Waals surface area (Å²) in [6.07, 6.45) is 1.35. The van der Waals surface area contributed by atoms with Gasteiger partial charge in [0, 0.05) is 32.0 Å². The van der Waals surface area contributed by atoms with Gasteiger partial charge in [-0.05, 0) is 61.7 Å². The van der Waals surface area contributed by atoms with Gasteiger partial charge >= 0.3 is 12.1 Å². The van der Waals surface area contributed by atoms with Gasteiger partial charge < -0.3 is 10.0 Å². The van der Waals surface area contributed by atoms with Gasteiger partial charge in [0.2, 0.25) is 5.91 Å². The number of rotatable bonds is 4. The molecule has 1 aromatic heterocycles. The highest BCUT2D eigenvalue weighted by molar-refractivity contribution is 5.85. The van der Waals surface area contributed by atoms with Crippen LogP contribution >= 0.6 is 0 Å². The molecule has 2 saturated heterocycles. The molecule has 33 heavy (non-hydrogen) atoms. The highest BCUT2D eigenvalue weighted by Crippen LogP contribution is 2.42. The molecule has 0 saturated carbocycles. The Bertz CT molecular complexity index is 961. The molecule has 0 aliphatic carbocycles. The van der Waals surface area contributed by atoms with E-state index < -0.39 is 12.1 Å². The first-order valence-corrected chi connectivity index (χ1v) is 10.5. The van der Waals surface area contributed by atoms with Gasteiger partial charge in [0.15, 0.2) is 0 Å². The summed E-state index contributed by atoms with van der Waals surface area (Å²) in [5, 5.41) is 7.12. The van der Waals surface area contributed by atoms with Crippen molar-refractivity contribution in [3.05, 3.63) is 65.7 Å². The monoisotopic (exact) mass is 467 g/mol. The molecule has 6 nitrogen and oxygen atoms in total. The molecule has 3 heterocycles. The third kappa shape index (κ3) is 6.50. The predicted octanol–water partition coefficient (Wildman–Crippen LogP) is 3.87. The number of nitrogens with zero attached hydrogens (tertiary/aromatic N) is 3. The van der Waals surface area contributed by atoms with E-state index in [4.69, 9.17) is 9.90 Å². The number of carbonyl (C=O) groups is 2. The molecule has 1 N–H and O–H groups in total. The molecular weight excluding hydrogens is 442 g/mol. The van der Waals surface area contributed by atoms with Crippen LogP contribution < -0.4 is 0 Å². The molecule has 0 atom stereocenters. The van der Waals surface area contributed by atoms with E-state index in [9.17, 15) is 22.4 Å². The zero-order chi connectivity index (χ0) is 24.1. The number of likely N-dealkylation sites (tertiary alicyclic amines) is 2. The van der Waals surface area contributed by atoms with E-state index in [1.54, 1.807) is 12.3 Å². The Kier molecular flexibility index (Phi) is 7.68. The number of hydrogen-bond donors (Lipinski definition) is 1. The Hall–Kier alpha value is -3.01. The summed E-state index contributed by atoms with van der Waals surface area (Å²) in [5.74, 6) is -2.75. The molecule has 0 bridgehead atoms. The number of aromatic nitrogens is 1. The lowest BCUT2D eigenvalue weighted by molar-refractivity contribution is -0.192. The average Bonchev–Trinajstić information content (AvgIpc) is 3.06. The van der Waals surface area contributed by atoms with E-state index in [0.717, 1.165) is 51.0 Å². The number of piperidine rings is 1. The van der Waals surface area contributed by atoms with Crippen LogP contribution in [0.5, 0.6) is 0 Å². The Morgan fingerprint density at radius 3 is 2.24 bits per heavy atom. The summed E-state index contributed by atoms with van der Waals surface area (Å²) in [7, 11) is 0. The van der Waals surface area contributed by atoms with Crippen molar-refractivity contribution in [3.8, 4) is 0 Å². The molecule has 1 spiro atoms. The van der Waals surface area contributed by atoms with E-state index in [2.05, 4.69) is 16.0 Å². The highest BCUT2D eigenvalue weighted by atomic mass is 19.4. The minimum Gasteiger partial charge on any atom is -0.475 e. The molecule has 4 rings (SSSR count). The summed E-state index contributed by atoms with van der Waals surface area (Å²) in [4.78, 5) is 30.4. The molecule has 2 fully saturated rings. The summed E-state index contributed by atoms with van der Waals surface area (Å²) in [6, 6.07) is 10.6. The second-order valence-corrected chi connectivity index (χ2v) is 8.33. The van der Waals surface area contributed by atoms with Gasteiger partial charge in [0.05, 0.1) is 5.41 Å². The van der Waals surface area contributed by atoms with E-state index in [1.807, 2.05) is 23.2 Å². The fraction of sp³-hybridized carbons (Fsp3) is 0.435. The van der Waals surface area contributed by atoms with Crippen LogP contribution in [0.3, 0.4) is 0 Å². The number of benzene rings is 1. The Balaban J connectivity index is 0.000000383. The molecule has 10 heteroatoms. The van der Waals surface area contributed by atoms with Gasteiger partial charge in [-0.1, -0.05) is 18.2 Å². The van der Waals surface area contributed by atoms with Crippen molar-refractivity contribution in [1.82, 2.24) is 14.8 Å². The SMILES string of the molecule is O=C(O)C(F)(F)F.O=C1N(Cc2cccc(F)c2)CCC12CCN(Cc1cccnc1)CC2. The smallest absolute Gasteiger partial charge is 0.475 e. The number of carbonyl (C=O) groups excluding carboxylic acids is 1. The maximum atomic E-state index is 13.4. The lowest BCUT2D eigenvalue weighted by Gasteiger charge is -2.38. The largest absolute Gasteiger partial charge is 0.490 e. The third-order valence-corrected chi connectivity index (χ3v) is 6.05. The summed E-state index contributed by atoms with van der Waals surface area (Å²) < 4.78 is 45.1. The molecule has 2 aliphatic rings. The van der Waals surface area contributed by atoms with Gasteiger partial charge in [-0.2, -0.15) is 13.2 Å². The second-order valence-electron chi connectivity index (χ2n) is 8.33. The maximum absolute atomic E-state index is 13.4. The summed E-state index contributed by atoms with van der Waals surface area (Å²) >= 11 is 0. The number of carboxylic acids is 1. The predicted molar refractivity (Wildman–Crippen MR) is 111 cm³/mol. The van der Waals surface area contributed by atoms with E-state index in [0.29, 0.717) is 6.54 Å². The normalized spacial score (nSPS) is 18.2. The molecule has 1 aromatic carbocycles. The highest BCUT2D eigenvalue weighted by Gasteiger charge is 2.47. The van der Waals surface area contributed by atoms with Crippen molar-refractivity contribution in [2.45, 2.75) is 38.5 Å².